The van der Waals surface area contributed by atoms with Gasteiger partial charge in [-0.1, -0.05) is 42.5 Å². The molecule has 5 nitrogen and oxygen atoms in total. The van der Waals surface area contributed by atoms with Crippen molar-refractivity contribution in [2.75, 3.05) is 25.1 Å². The number of benzene rings is 2. The number of hydrogen-bond acceptors (Lipinski definition) is 4. The predicted molar refractivity (Wildman–Crippen MR) is 110 cm³/mol. The van der Waals surface area contributed by atoms with Gasteiger partial charge < -0.3 is 19.5 Å². The summed E-state index contributed by atoms with van der Waals surface area (Å²) < 4.78 is 17.3. The molecule has 2 unspecified atom stereocenters. The molecule has 1 N–H and O–H groups in total. The van der Waals surface area contributed by atoms with Crippen molar-refractivity contribution in [1.29, 1.82) is 0 Å². The maximum Gasteiger partial charge on any atom is 0.253 e. The summed E-state index contributed by atoms with van der Waals surface area (Å²) in [4.78, 5) is 12.5. The zero-order valence-corrected chi connectivity index (χ0v) is 16.4. The van der Waals surface area contributed by atoms with Gasteiger partial charge in [-0.05, 0) is 43.9 Å². The third-order valence-corrected chi connectivity index (χ3v) is 4.81. The predicted octanol–water partition coefficient (Wildman–Crippen LogP) is 4.22. The van der Waals surface area contributed by atoms with Gasteiger partial charge >= 0.3 is 0 Å². The molecule has 28 heavy (non-hydrogen) atoms. The van der Waals surface area contributed by atoms with Gasteiger partial charge in [0.1, 0.15) is 11.9 Å². The maximum absolute atomic E-state index is 12.5. The van der Waals surface area contributed by atoms with E-state index in [9.17, 15) is 4.79 Å². The zero-order valence-electron chi connectivity index (χ0n) is 16.4. The van der Waals surface area contributed by atoms with Gasteiger partial charge in [0.05, 0.1) is 25.0 Å². The first kappa shape index (κ1) is 20.4. The van der Waals surface area contributed by atoms with E-state index in [4.69, 9.17) is 14.2 Å². The van der Waals surface area contributed by atoms with Gasteiger partial charge in [0, 0.05) is 13.0 Å². The van der Waals surface area contributed by atoms with E-state index in [1.165, 1.54) is 5.56 Å². The van der Waals surface area contributed by atoms with Crippen LogP contribution in [0.25, 0.3) is 0 Å². The summed E-state index contributed by atoms with van der Waals surface area (Å²) in [6, 6.07) is 17.7. The molecule has 2 aromatic carbocycles. The highest BCUT2D eigenvalue weighted by Crippen LogP contribution is 2.24. The van der Waals surface area contributed by atoms with Crippen LogP contribution in [0.1, 0.15) is 31.7 Å². The van der Waals surface area contributed by atoms with Gasteiger partial charge in [-0.3, -0.25) is 4.79 Å². The molecule has 3 rings (SSSR count). The normalized spacial score (nSPS) is 17.7. The smallest absolute Gasteiger partial charge is 0.253 e. The first-order valence-corrected chi connectivity index (χ1v) is 10.0. The third kappa shape index (κ3) is 6.36. The molecule has 0 saturated carbocycles. The Hall–Kier alpha value is -2.37. The van der Waals surface area contributed by atoms with Crippen molar-refractivity contribution in [3.63, 3.8) is 0 Å². The number of anilines is 1. The zero-order chi connectivity index (χ0) is 19.6. The topological polar surface area (TPSA) is 56.8 Å². The van der Waals surface area contributed by atoms with Crippen LogP contribution < -0.4 is 10.1 Å². The number of hydrogen-bond donors (Lipinski definition) is 1. The van der Waals surface area contributed by atoms with Crippen LogP contribution in [0, 0.1) is 0 Å². The van der Waals surface area contributed by atoms with Gasteiger partial charge in [0.15, 0.2) is 0 Å². The van der Waals surface area contributed by atoms with E-state index in [1.807, 2.05) is 42.5 Å². The minimum Gasteiger partial charge on any atom is -0.491 e. The molecule has 5 heteroatoms. The van der Waals surface area contributed by atoms with E-state index in [1.54, 1.807) is 6.92 Å². The second-order valence-electron chi connectivity index (χ2n) is 7.03. The van der Waals surface area contributed by atoms with E-state index in [2.05, 4.69) is 17.4 Å². The fourth-order valence-corrected chi connectivity index (χ4v) is 3.12. The Balaban J connectivity index is 1.48. The minimum absolute atomic E-state index is 0.0950. The van der Waals surface area contributed by atoms with Crippen molar-refractivity contribution in [2.45, 2.75) is 44.8 Å². The highest BCUT2D eigenvalue weighted by atomic mass is 16.5. The quantitative estimate of drug-likeness (QED) is 0.704. The van der Waals surface area contributed by atoms with Crippen LogP contribution in [-0.4, -0.2) is 37.9 Å². The molecule has 2 aromatic rings. The van der Waals surface area contributed by atoms with Crippen molar-refractivity contribution in [3.05, 3.63) is 60.2 Å². The van der Waals surface area contributed by atoms with E-state index in [0.29, 0.717) is 24.7 Å². The standard InChI is InChI=1S/C23H29NO4/c1-18(28-17-20-11-7-8-15-26-20)23(25)24-21-12-5-6-13-22(21)27-16-14-19-9-3-2-4-10-19/h2-6,9-10,12-13,18,20H,7-8,11,14-17H2,1H3,(H,24,25). The molecule has 1 aliphatic rings. The number of carbonyl (C=O) groups excluding carboxylic acids is 1. The molecule has 1 amide bonds. The van der Waals surface area contributed by atoms with Gasteiger partial charge in [-0.2, -0.15) is 0 Å². The van der Waals surface area contributed by atoms with E-state index < -0.39 is 6.10 Å². The van der Waals surface area contributed by atoms with Crippen molar-refractivity contribution in [3.8, 4) is 5.75 Å². The van der Waals surface area contributed by atoms with Crippen LogP contribution in [-0.2, 0) is 20.7 Å². The Morgan fingerprint density at radius 2 is 1.93 bits per heavy atom. The van der Waals surface area contributed by atoms with Crippen LogP contribution in [0.4, 0.5) is 5.69 Å². The van der Waals surface area contributed by atoms with Crippen molar-refractivity contribution >= 4 is 11.6 Å². The van der Waals surface area contributed by atoms with Gasteiger partial charge in [-0.15, -0.1) is 0 Å². The number of rotatable bonds is 9. The molecule has 150 valence electrons. The lowest BCUT2D eigenvalue weighted by Gasteiger charge is -2.24. The second kappa shape index (κ2) is 10.8. The van der Waals surface area contributed by atoms with E-state index >= 15 is 0 Å². The van der Waals surface area contributed by atoms with Crippen molar-refractivity contribution in [1.82, 2.24) is 0 Å². The van der Waals surface area contributed by atoms with E-state index in [0.717, 1.165) is 32.3 Å². The first-order valence-electron chi connectivity index (χ1n) is 10.0. The summed E-state index contributed by atoms with van der Waals surface area (Å²) in [5.41, 5.74) is 1.88. The van der Waals surface area contributed by atoms with Crippen molar-refractivity contribution < 1.29 is 19.0 Å². The number of ether oxygens (including phenoxy) is 3. The summed E-state index contributed by atoms with van der Waals surface area (Å²) in [6.07, 6.45) is 3.60. The van der Waals surface area contributed by atoms with Crippen LogP contribution in [0.5, 0.6) is 5.75 Å². The fourth-order valence-electron chi connectivity index (χ4n) is 3.12. The molecular weight excluding hydrogens is 354 g/mol. The number of amides is 1. The SMILES string of the molecule is CC(OCC1CCCCO1)C(=O)Nc1ccccc1OCCc1ccccc1. The average molecular weight is 383 g/mol. The summed E-state index contributed by atoms with van der Waals surface area (Å²) in [5, 5.41) is 2.92. The second-order valence-corrected chi connectivity index (χ2v) is 7.03. The summed E-state index contributed by atoms with van der Waals surface area (Å²) in [6.45, 7) is 3.53. The number of nitrogens with one attached hydrogen (secondary N) is 1. The molecule has 1 saturated heterocycles. The van der Waals surface area contributed by atoms with Gasteiger partial charge in [0.2, 0.25) is 0 Å². The molecule has 1 heterocycles. The summed E-state index contributed by atoms with van der Waals surface area (Å²) in [7, 11) is 0. The number of carbonyl (C=O) groups is 1. The lowest BCUT2D eigenvalue weighted by Crippen LogP contribution is -2.32. The van der Waals surface area contributed by atoms with Crippen molar-refractivity contribution in [2.24, 2.45) is 0 Å². The molecule has 1 fully saturated rings. The molecule has 1 aliphatic heterocycles. The lowest BCUT2D eigenvalue weighted by molar-refractivity contribution is -0.130. The Morgan fingerprint density at radius 3 is 2.71 bits per heavy atom. The Bertz CT molecular complexity index is 728. The van der Waals surface area contributed by atoms with Crippen LogP contribution in [0.3, 0.4) is 0 Å². The Labute approximate surface area is 167 Å². The molecular formula is C23H29NO4. The molecule has 0 aliphatic carbocycles. The summed E-state index contributed by atoms with van der Waals surface area (Å²) in [5.74, 6) is 0.476. The monoisotopic (exact) mass is 383 g/mol. The van der Waals surface area contributed by atoms with Gasteiger partial charge in [-0.25, -0.2) is 0 Å². The maximum atomic E-state index is 12.5. The van der Waals surface area contributed by atoms with Crippen LogP contribution in [0.2, 0.25) is 0 Å². The minimum atomic E-state index is -0.553. The summed E-state index contributed by atoms with van der Waals surface area (Å²) >= 11 is 0. The number of para-hydroxylation sites is 2. The Morgan fingerprint density at radius 1 is 1.14 bits per heavy atom. The largest absolute Gasteiger partial charge is 0.491 e. The van der Waals surface area contributed by atoms with Gasteiger partial charge in [0.25, 0.3) is 5.91 Å². The lowest BCUT2D eigenvalue weighted by atomic mass is 10.1. The third-order valence-electron chi connectivity index (χ3n) is 4.81. The molecule has 0 radical (unpaired) electrons. The first-order chi connectivity index (χ1) is 13.7. The molecule has 0 aromatic heterocycles. The van der Waals surface area contributed by atoms with E-state index in [-0.39, 0.29) is 12.0 Å². The molecule has 0 spiro atoms. The molecule has 0 bridgehead atoms. The fraction of sp³-hybridized carbons (Fsp3) is 0.435. The average Bonchev–Trinajstić information content (AvgIpc) is 2.74. The van der Waals surface area contributed by atoms with Crippen LogP contribution in [0.15, 0.2) is 54.6 Å². The highest BCUT2D eigenvalue weighted by Gasteiger charge is 2.19. The highest BCUT2D eigenvalue weighted by molar-refractivity contribution is 5.95. The van der Waals surface area contributed by atoms with Crippen LogP contribution >= 0.6 is 0 Å². The molecule has 2 atom stereocenters. The Kier molecular flexibility index (Phi) is 7.88.